The van der Waals surface area contributed by atoms with Gasteiger partial charge in [-0.1, -0.05) is 48.5 Å². The Kier molecular flexibility index (Phi) is 4.41. The second kappa shape index (κ2) is 7.36. The Bertz CT molecular complexity index is 1170. The molecule has 0 bridgehead atoms. The quantitative estimate of drug-likeness (QED) is 0.509. The number of anilines is 1. The Labute approximate surface area is 169 Å². The van der Waals surface area contributed by atoms with E-state index in [2.05, 4.69) is 34.1 Å². The highest BCUT2D eigenvalue weighted by Gasteiger charge is 2.23. The fourth-order valence-corrected chi connectivity index (χ4v) is 3.80. The zero-order valence-corrected chi connectivity index (χ0v) is 15.9. The van der Waals surface area contributed by atoms with Crippen LogP contribution in [0.4, 0.5) is 10.5 Å². The number of benzene rings is 3. The van der Waals surface area contributed by atoms with Crippen LogP contribution in [0.2, 0.25) is 0 Å². The van der Waals surface area contributed by atoms with Gasteiger partial charge in [-0.3, -0.25) is 0 Å². The normalized spacial score (nSPS) is 13.2. The Hall–Kier alpha value is -3.73. The number of amides is 2. The molecule has 1 aliphatic rings. The van der Waals surface area contributed by atoms with Crippen LogP contribution in [0.15, 0.2) is 84.9 Å². The van der Waals surface area contributed by atoms with Crippen molar-refractivity contribution in [2.45, 2.75) is 13.1 Å². The molecule has 2 amide bonds. The number of urea groups is 1. The van der Waals surface area contributed by atoms with Crippen LogP contribution in [0, 0.1) is 0 Å². The number of hydrogen-bond acceptors (Lipinski definition) is 2. The first-order valence-corrected chi connectivity index (χ1v) is 9.73. The van der Waals surface area contributed by atoms with Crippen molar-refractivity contribution >= 4 is 22.6 Å². The first-order valence-electron chi connectivity index (χ1n) is 9.73. The van der Waals surface area contributed by atoms with Crippen LogP contribution in [-0.2, 0) is 13.1 Å². The van der Waals surface area contributed by atoms with Crippen molar-refractivity contribution < 1.29 is 9.53 Å². The molecule has 0 fully saturated rings. The predicted octanol–water partition coefficient (Wildman–Crippen LogP) is 5.48. The van der Waals surface area contributed by atoms with E-state index < -0.39 is 0 Å². The highest BCUT2D eigenvalue weighted by molar-refractivity contribution is 5.91. The molecule has 5 rings (SSSR count). The third kappa shape index (κ3) is 3.43. The molecule has 144 valence electrons. The molecule has 1 aromatic heterocycles. The fourth-order valence-electron chi connectivity index (χ4n) is 3.80. The van der Waals surface area contributed by atoms with E-state index >= 15 is 0 Å². The summed E-state index contributed by atoms with van der Waals surface area (Å²) in [5.74, 6) is 1.36. The number of carbonyl (C=O) groups is 1. The van der Waals surface area contributed by atoms with Crippen LogP contribution in [-0.4, -0.2) is 22.0 Å². The smallest absolute Gasteiger partial charge is 0.322 e. The van der Waals surface area contributed by atoms with E-state index in [0.29, 0.717) is 24.5 Å². The molecule has 1 aliphatic heterocycles. The van der Waals surface area contributed by atoms with E-state index in [4.69, 9.17) is 4.74 Å². The van der Waals surface area contributed by atoms with Gasteiger partial charge in [0.25, 0.3) is 0 Å². The molecule has 29 heavy (non-hydrogen) atoms. The summed E-state index contributed by atoms with van der Waals surface area (Å²) in [6.07, 6.45) is 0. The van der Waals surface area contributed by atoms with Crippen LogP contribution in [0.5, 0.6) is 11.5 Å². The number of hydrogen-bond donors (Lipinski definition) is 1. The van der Waals surface area contributed by atoms with E-state index in [1.165, 1.54) is 10.9 Å². The summed E-state index contributed by atoms with van der Waals surface area (Å²) in [6, 6.07) is 27.5. The van der Waals surface area contributed by atoms with E-state index in [0.717, 1.165) is 18.0 Å². The molecule has 0 saturated heterocycles. The number of nitrogens with one attached hydrogen (secondary N) is 1. The predicted molar refractivity (Wildman–Crippen MR) is 114 cm³/mol. The standard InChI is InChI=1S/C24H21N3O2/c28-24(25-21-11-5-7-13-23(21)29-20-9-2-1-3-10-20)26-14-15-27-19(17-26)16-18-8-4-6-12-22(18)27/h1-13,16H,14-15,17H2,(H,25,28). The maximum Gasteiger partial charge on any atom is 0.322 e. The SMILES string of the molecule is O=C(Nc1ccccc1Oc1ccccc1)N1CCn2c(cc3ccccc32)C1. The number of ether oxygens (including phenoxy) is 1. The summed E-state index contributed by atoms with van der Waals surface area (Å²) >= 11 is 0. The van der Waals surface area contributed by atoms with Gasteiger partial charge in [0.1, 0.15) is 5.75 Å². The molecule has 2 heterocycles. The fraction of sp³-hybridized carbons (Fsp3) is 0.125. The van der Waals surface area contributed by atoms with Crippen molar-refractivity contribution in [2.75, 3.05) is 11.9 Å². The summed E-state index contributed by atoms with van der Waals surface area (Å²) in [5, 5.41) is 4.23. The molecule has 0 saturated carbocycles. The molecule has 0 atom stereocenters. The average Bonchev–Trinajstić information content (AvgIpc) is 3.13. The monoisotopic (exact) mass is 383 g/mol. The Morgan fingerprint density at radius 3 is 2.52 bits per heavy atom. The van der Waals surface area contributed by atoms with Crippen molar-refractivity contribution in [2.24, 2.45) is 0 Å². The molecule has 1 N–H and O–H groups in total. The second-order valence-corrected chi connectivity index (χ2v) is 7.11. The van der Waals surface area contributed by atoms with Gasteiger partial charge < -0.3 is 19.5 Å². The minimum atomic E-state index is -0.120. The lowest BCUT2D eigenvalue weighted by molar-refractivity contribution is 0.198. The highest BCUT2D eigenvalue weighted by atomic mass is 16.5. The number of rotatable bonds is 3. The second-order valence-electron chi connectivity index (χ2n) is 7.11. The maximum atomic E-state index is 12.9. The van der Waals surface area contributed by atoms with Crippen LogP contribution in [0.1, 0.15) is 5.69 Å². The van der Waals surface area contributed by atoms with Crippen LogP contribution in [0.3, 0.4) is 0 Å². The topological polar surface area (TPSA) is 46.5 Å². The van der Waals surface area contributed by atoms with Crippen molar-refractivity contribution in [3.05, 3.63) is 90.6 Å². The third-order valence-electron chi connectivity index (χ3n) is 5.23. The molecule has 0 aliphatic carbocycles. The lowest BCUT2D eigenvalue weighted by atomic mass is 10.2. The zero-order valence-electron chi connectivity index (χ0n) is 15.9. The molecule has 4 aromatic rings. The van der Waals surface area contributed by atoms with Crippen LogP contribution >= 0.6 is 0 Å². The summed E-state index contributed by atoms with van der Waals surface area (Å²) in [5.41, 5.74) is 3.04. The minimum Gasteiger partial charge on any atom is -0.455 e. The molecule has 0 radical (unpaired) electrons. The van der Waals surface area contributed by atoms with E-state index in [1.54, 1.807) is 0 Å². The van der Waals surface area contributed by atoms with Gasteiger partial charge in [-0.05, 0) is 41.8 Å². The van der Waals surface area contributed by atoms with Gasteiger partial charge in [-0.15, -0.1) is 0 Å². The van der Waals surface area contributed by atoms with Gasteiger partial charge in [0.2, 0.25) is 0 Å². The Balaban J connectivity index is 1.34. The summed E-state index contributed by atoms with van der Waals surface area (Å²) in [7, 11) is 0. The number of aromatic nitrogens is 1. The largest absolute Gasteiger partial charge is 0.455 e. The Morgan fingerprint density at radius 2 is 1.62 bits per heavy atom. The van der Waals surface area contributed by atoms with E-state index in [-0.39, 0.29) is 6.03 Å². The lowest BCUT2D eigenvalue weighted by Gasteiger charge is -2.29. The molecule has 3 aromatic carbocycles. The summed E-state index contributed by atoms with van der Waals surface area (Å²) in [4.78, 5) is 14.8. The van der Waals surface area contributed by atoms with E-state index in [1.807, 2.05) is 65.6 Å². The zero-order chi connectivity index (χ0) is 19.6. The third-order valence-corrected chi connectivity index (χ3v) is 5.23. The number of carbonyl (C=O) groups excluding carboxylic acids is 1. The van der Waals surface area contributed by atoms with E-state index in [9.17, 15) is 4.79 Å². The number of fused-ring (bicyclic) bond motifs is 3. The van der Waals surface area contributed by atoms with Crippen LogP contribution < -0.4 is 10.1 Å². The maximum absolute atomic E-state index is 12.9. The van der Waals surface area contributed by atoms with Gasteiger partial charge >= 0.3 is 6.03 Å². The van der Waals surface area contributed by atoms with Crippen molar-refractivity contribution in [3.63, 3.8) is 0 Å². The van der Waals surface area contributed by atoms with Crippen molar-refractivity contribution in [3.8, 4) is 11.5 Å². The van der Waals surface area contributed by atoms with Gasteiger partial charge in [-0.2, -0.15) is 0 Å². The van der Waals surface area contributed by atoms with Crippen LogP contribution in [0.25, 0.3) is 10.9 Å². The first-order chi connectivity index (χ1) is 14.3. The van der Waals surface area contributed by atoms with Gasteiger partial charge in [0.15, 0.2) is 5.75 Å². The van der Waals surface area contributed by atoms with Crippen molar-refractivity contribution in [1.29, 1.82) is 0 Å². The molecule has 0 spiro atoms. The molecular formula is C24H21N3O2. The summed E-state index contributed by atoms with van der Waals surface area (Å²) in [6.45, 7) is 2.04. The minimum absolute atomic E-state index is 0.120. The molecular weight excluding hydrogens is 362 g/mol. The highest BCUT2D eigenvalue weighted by Crippen LogP contribution is 2.30. The number of nitrogens with zero attached hydrogens (tertiary/aromatic N) is 2. The van der Waals surface area contributed by atoms with Gasteiger partial charge in [0, 0.05) is 24.3 Å². The first kappa shape index (κ1) is 17.4. The van der Waals surface area contributed by atoms with Crippen molar-refractivity contribution in [1.82, 2.24) is 9.47 Å². The molecule has 0 unspecified atom stereocenters. The molecule has 5 heteroatoms. The summed E-state index contributed by atoms with van der Waals surface area (Å²) < 4.78 is 8.25. The lowest BCUT2D eigenvalue weighted by Crippen LogP contribution is -2.40. The van der Waals surface area contributed by atoms with Gasteiger partial charge in [0.05, 0.1) is 12.2 Å². The molecule has 5 nitrogen and oxygen atoms in total. The number of para-hydroxylation sites is 4. The van der Waals surface area contributed by atoms with Gasteiger partial charge in [-0.25, -0.2) is 4.79 Å². The average molecular weight is 383 g/mol. The Morgan fingerprint density at radius 1 is 0.862 bits per heavy atom.